The first-order chi connectivity index (χ1) is 12.5. The van der Waals surface area contributed by atoms with Crippen LogP contribution in [0.5, 0.6) is 0 Å². The predicted octanol–water partition coefficient (Wildman–Crippen LogP) is 4.10. The summed E-state index contributed by atoms with van der Waals surface area (Å²) in [5, 5.41) is 2.93. The molecule has 1 atom stereocenters. The van der Waals surface area contributed by atoms with Gasteiger partial charge in [-0.05, 0) is 38.7 Å². The number of esters is 1. The Balaban J connectivity index is 2.65. The van der Waals surface area contributed by atoms with E-state index in [4.69, 9.17) is 9.47 Å². The third-order valence-electron chi connectivity index (χ3n) is 4.88. The van der Waals surface area contributed by atoms with Gasteiger partial charge in [-0.3, -0.25) is 4.79 Å². The highest BCUT2D eigenvalue weighted by Crippen LogP contribution is 2.27. The second kappa shape index (κ2) is 9.88. The Bertz CT molecular complexity index is 610. The van der Waals surface area contributed by atoms with E-state index in [0.717, 1.165) is 5.56 Å². The fraction of sp³-hybridized carbons (Fsp3) is 0.636. The van der Waals surface area contributed by atoms with Crippen molar-refractivity contribution in [2.75, 3.05) is 6.61 Å². The number of benzene rings is 1. The van der Waals surface area contributed by atoms with Crippen molar-refractivity contribution in [1.82, 2.24) is 5.32 Å². The number of carbonyl (C=O) groups is 2. The van der Waals surface area contributed by atoms with Crippen LogP contribution in [0.4, 0.5) is 0 Å². The molecule has 1 N–H and O–H groups in total. The Morgan fingerprint density at radius 3 is 2.15 bits per heavy atom. The fourth-order valence-electron chi connectivity index (χ4n) is 2.42. The molecule has 0 aromatic heterocycles. The number of rotatable bonds is 10. The third-order valence-corrected chi connectivity index (χ3v) is 4.88. The van der Waals surface area contributed by atoms with Gasteiger partial charge in [0.15, 0.2) is 5.60 Å². The van der Waals surface area contributed by atoms with E-state index in [1.165, 1.54) is 0 Å². The summed E-state index contributed by atoms with van der Waals surface area (Å²) in [6, 6.07) is 9.65. The van der Waals surface area contributed by atoms with Gasteiger partial charge in [0.05, 0.1) is 0 Å². The van der Waals surface area contributed by atoms with Crippen LogP contribution in [0.2, 0.25) is 0 Å². The lowest BCUT2D eigenvalue weighted by atomic mass is 9.87. The minimum atomic E-state index is -1.06. The molecule has 152 valence electrons. The molecule has 0 saturated carbocycles. The van der Waals surface area contributed by atoms with Gasteiger partial charge in [0.2, 0.25) is 5.91 Å². The Morgan fingerprint density at radius 2 is 1.63 bits per heavy atom. The van der Waals surface area contributed by atoms with Crippen molar-refractivity contribution in [2.45, 2.75) is 73.1 Å². The highest BCUT2D eigenvalue weighted by molar-refractivity contribution is 5.82. The van der Waals surface area contributed by atoms with Crippen molar-refractivity contribution < 1.29 is 19.1 Å². The first-order valence-electron chi connectivity index (χ1n) is 9.65. The maximum Gasteiger partial charge on any atom is 0.338 e. The van der Waals surface area contributed by atoms with Crippen molar-refractivity contribution in [3.63, 3.8) is 0 Å². The molecule has 0 saturated heterocycles. The highest BCUT2D eigenvalue weighted by Gasteiger charge is 2.40. The first-order valence-corrected chi connectivity index (χ1v) is 9.65. The maximum absolute atomic E-state index is 12.7. The molecule has 5 nitrogen and oxygen atoms in total. The minimum Gasteiger partial charge on any atom is -0.459 e. The Kier molecular flexibility index (Phi) is 8.48. The summed E-state index contributed by atoms with van der Waals surface area (Å²) in [7, 11) is 0. The van der Waals surface area contributed by atoms with Crippen LogP contribution in [0.15, 0.2) is 30.3 Å². The minimum absolute atomic E-state index is 0.0148. The average Bonchev–Trinajstić information content (AvgIpc) is 2.59. The summed E-state index contributed by atoms with van der Waals surface area (Å²) in [5.41, 5.74) is -0.696. The Hall–Kier alpha value is -1.88. The molecule has 0 heterocycles. The lowest BCUT2D eigenvalue weighted by Gasteiger charge is -2.33. The van der Waals surface area contributed by atoms with Gasteiger partial charge in [0.1, 0.15) is 6.61 Å². The molecule has 1 amide bonds. The standard InChI is InChI=1S/C22H35NO4/c1-16(2)22(7,20(25)26-15-18-11-9-8-10-12-18)27-14-13-21(5,6)19(24)23-17(3)4/h8-12,16-17H,13-15H2,1-7H3,(H,23,24). The van der Waals surface area contributed by atoms with Crippen molar-refractivity contribution in [1.29, 1.82) is 0 Å². The molecule has 0 spiro atoms. The van der Waals surface area contributed by atoms with E-state index < -0.39 is 11.0 Å². The molecule has 1 aromatic carbocycles. The normalized spacial score (nSPS) is 14.1. The van der Waals surface area contributed by atoms with Gasteiger partial charge in [-0.25, -0.2) is 4.79 Å². The molecular formula is C22H35NO4. The number of hydrogen-bond donors (Lipinski definition) is 1. The van der Waals surface area contributed by atoms with Crippen LogP contribution in [-0.4, -0.2) is 30.1 Å². The van der Waals surface area contributed by atoms with Gasteiger partial charge in [0, 0.05) is 18.1 Å². The van der Waals surface area contributed by atoms with Gasteiger partial charge >= 0.3 is 5.97 Å². The molecule has 0 fully saturated rings. The van der Waals surface area contributed by atoms with Gasteiger partial charge in [-0.1, -0.05) is 58.0 Å². The van der Waals surface area contributed by atoms with Crippen LogP contribution >= 0.6 is 0 Å². The van der Waals surface area contributed by atoms with E-state index in [-0.39, 0.29) is 30.4 Å². The summed E-state index contributed by atoms with van der Waals surface area (Å²) in [6.45, 7) is 13.8. The molecule has 1 unspecified atom stereocenters. The summed E-state index contributed by atoms with van der Waals surface area (Å²) in [6.07, 6.45) is 0.514. The molecule has 27 heavy (non-hydrogen) atoms. The Morgan fingerprint density at radius 1 is 1.04 bits per heavy atom. The van der Waals surface area contributed by atoms with E-state index in [1.54, 1.807) is 6.92 Å². The van der Waals surface area contributed by atoms with E-state index in [0.29, 0.717) is 13.0 Å². The topological polar surface area (TPSA) is 64.6 Å². The third kappa shape index (κ3) is 6.98. The zero-order valence-electron chi connectivity index (χ0n) is 17.8. The smallest absolute Gasteiger partial charge is 0.338 e. The van der Waals surface area contributed by atoms with Crippen molar-refractivity contribution in [3.8, 4) is 0 Å². The molecular weight excluding hydrogens is 342 g/mol. The Labute approximate surface area is 163 Å². The van der Waals surface area contributed by atoms with Crippen LogP contribution in [0, 0.1) is 11.3 Å². The molecule has 0 radical (unpaired) electrons. The lowest BCUT2D eigenvalue weighted by Crippen LogP contribution is -2.46. The van der Waals surface area contributed by atoms with E-state index >= 15 is 0 Å². The highest BCUT2D eigenvalue weighted by atomic mass is 16.6. The van der Waals surface area contributed by atoms with Crippen LogP contribution in [0.1, 0.15) is 60.5 Å². The predicted molar refractivity (Wildman–Crippen MR) is 107 cm³/mol. The fourth-order valence-corrected chi connectivity index (χ4v) is 2.42. The molecule has 1 aromatic rings. The molecule has 0 bridgehead atoms. The SMILES string of the molecule is CC(C)NC(=O)C(C)(C)CCOC(C)(C(=O)OCc1ccccc1)C(C)C. The van der Waals surface area contributed by atoms with E-state index in [1.807, 2.05) is 71.9 Å². The zero-order chi connectivity index (χ0) is 20.7. The number of hydrogen-bond acceptors (Lipinski definition) is 4. The van der Waals surface area contributed by atoms with Crippen LogP contribution < -0.4 is 5.32 Å². The average molecular weight is 378 g/mol. The summed E-state index contributed by atoms with van der Waals surface area (Å²) < 4.78 is 11.5. The van der Waals surface area contributed by atoms with Gasteiger partial charge < -0.3 is 14.8 Å². The zero-order valence-corrected chi connectivity index (χ0v) is 17.8. The van der Waals surface area contributed by atoms with Gasteiger partial charge in [0.25, 0.3) is 0 Å². The molecule has 0 aliphatic rings. The van der Waals surface area contributed by atoms with Crippen LogP contribution in [0.3, 0.4) is 0 Å². The molecule has 5 heteroatoms. The quantitative estimate of drug-likeness (QED) is 0.624. The van der Waals surface area contributed by atoms with Crippen LogP contribution in [0.25, 0.3) is 0 Å². The molecule has 1 rings (SSSR count). The number of ether oxygens (including phenoxy) is 2. The van der Waals surface area contributed by atoms with Crippen molar-refractivity contribution >= 4 is 11.9 Å². The first kappa shape index (κ1) is 23.2. The van der Waals surface area contributed by atoms with Crippen molar-refractivity contribution in [3.05, 3.63) is 35.9 Å². The second-order valence-corrected chi connectivity index (χ2v) is 8.43. The van der Waals surface area contributed by atoms with Gasteiger partial charge in [-0.2, -0.15) is 0 Å². The number of nitrogens with one attached hydrogen (secondary N) is 1. The monoisotopic (exact) mass is 377 g/mol. The largest absolute Gasteiger partial charge is 0.459 e. The van der Waals surface area contributed by atoms with E-state index in [2.05, 4.69) is 5.32 Å². The summed E-state index contributed by atoms with van der Waals surface area (Å²) >= 11 is 0. The summed E-state index contributed by atoms with van der Waals surface area (Å²) in [4.78, 5) is 25.0. The second-order valence-electron chi connectivity index (χ2n) is 8.43. The summed E-state index contributed by atoms with van der Waals surface area (Å²) in [5.74, 6) is -0.460. The van der Waals surface area contributed by atoms with Crippen molar-refractivity contribution in [2.24, 2.45) is 11.3 Å². The number of amides is 1. The van der Waals surface area contributed by atoms with Crippen LogP contribution in [-0.2, 0) is 25.7 Å². The number of carbonyl (C=O) groups excluding carboxylic acids is 2. The van der Waals surface area contributed by atoms with E-state index in [9.17, 15) is 9.59 Å². The lowest BCUT2D eigenvalue weighted by molar-refractivity contribution is -0.179. The molecule has 0 aliphatic heterocycles. The maximum atomic E-state index is 12.7. The molecule has 0 aliphatic carbocycles. The van der Waals surface area contributed by atoms with Gasteiger partial charge in [-0.15, -0.1) is 0 Å².